The highest BCUT2D eigenvalue weighted by Gasteiger charge is 2.34. The first-order chi connectivity index (χ1) is 9.91. The number of benzene rings is 1. The van der Waals surface area contributed by atoms with Crippen LogP contribution in [0.4, 0.5) is 0 Å². The van der Waals surface area contributed by atoms with Crippen LogP contribution >= 0.6 is 27.5 Å². The summed E-state index contributed by atoms with van der Waals surface area (Å²) < 4.78 is 33.7. The normalized spacial score (nSPS) is 20.7. The lowest BCUT2D eigenvalue weighted by Gasteiger charge is -2.34. The molecule has 4 nitrogen and oxygen atoms in total. The fourth-order valence-corrected chi connectivity index (χ4v) is 5.22. The third-order valence-corrected chi connectivity index (χ3v) is 6.95. The third-order valence-electron chi connectivity index (χ3n) is 3.74. The maximum Gasteiger partial charge on any atom is 0.243 e. The van der Waals surface area contributed by atoms with Crippen molar-refractivity contribution in [3.63, 3.8) is 0 Å². The van der Waals surface area contributed by atoms with E-state index in [2.05, 4.69) is 15.9 Å². The Morgan fingerprint density at radius 1 is 1.48 bits per heavy atom. The summed E-state index contributed by atoms with van der Waals surface area (Å²) in [7, 11) is -3.54. The van der Waals surface area contributed by atoms with Crippen molar-refractivity contribution in [2.45, 2.75) is 37.1 Å². The van der Waals surface area contributed by atoms with Crippen molar-refractivity contribution < 1.29 is 13.2 Å². The summed E-state index contributed by atoms with van der Waals surface area (Å²) in [5, 5.41) is 0. The number of nitrogens with zero attached hydrogens (tertiary/aromatic N) is 1. The first-order valence-electron chi connectivity index (χ1n) is 6.86. The Morgan fingerprint density at radius 2 is 2.19 bits per heavy atom. The summed E-state index contributed by atoms with van der Waals surface area (Å²) in [6.45, 7) is 5.05. The monoisotopic (exact) mass is 395 g/mol. The minimum absolute atomic E-state index is 0.110. The van der Waals surface area contributed by atoms with E-state index in [9.17, 15) is 8.42 Å². The van der Waals surface area contributed by atoms with Crippen LogP contribution in [0, 0.1) is 6.92 Å². The molecule has 1 saturated heterocycles. The number of rotatable bonds is 4. The first kappa shape index (κ1) is 17.2. The largest absolute Gasteiger partial charge is 0.378 e. The average Bonchev–Trinajstić information content (AvgIpc) is 2.49. The number of hydrogen-bond acceptors (Lipinski definition) is 3. The van der Waals surface area contributed by atoms with Crippen molar-refractivity contribution in [3.8, 4) is 0 Å². The van der Waals surface area contributed by atoms with Gasteiger partial charge in [0.05, 0.1) is 18.1 Å². The molecule has 0 amide bonds. The summed E-state index contributed by atoms with van der Waals surface area (Å²) in [6.07, 6.45) is 0.731. The Bertz CT molecular complexity index is 621. The predicted molar refractivity (Wildman–Crippen MR) is 87.2 cm³/mol. The molecule has 1 fully saturated rings. The lowest BCUT2D eigenvalue weighted by atomic mass is 10.2. The van der Waals surface area contributed by atoms with Gasteiger partial charge in [0.25, 0.3) is 0 Å². The molecule has 1 aliphatic heterocycles. The fourth-order valence-electron chi connectivity index (χ4n) is 2.46. The van der Waals surface area contributed by atoms with Crippen LogP contribution in [0.5, 0.6) is 0 Å². The van der Waals surface area contributed by atoms with E-state index >= 15 is 0 Å². The van der Waals surface area contributed by atoms with Crippen molar-refractivity contribution in [1.29, 1.82) is 0 Å². The van der Waals surface area contributed by atoms with E-state index in [4.69, 9.17) is 16.3 Å². The summed E-state index contributed by atoms with van der Waals surface area (Å²) in [5.41, 5.74) is 1.50. The molecule has 2 rings (SSSR count). The average molecular weight is 397 g/mol. The van der Waals surface area contributed by atoms with E-state index in [0.29, 0.717) is 30.2 Å². The van der Waals surface area contributed by atoms with E-state index in [-0.39, 0.29) is 11.9 Å². The smallest absolute Gasteiger partial charge is 0.243 e. The Labute approximate surface area is 139 Å². The minimum Gasteiger partial charge on any atom is -0.378 e. The van der Waals surface area contributed by atoms with Gasteiger partial charge in [0.2, 0.25) is 10.0 Å². The topological polar surface area (TPSA) is 46.6 Å². The highest BCUT2D eigenvalue weighted by molar-refractivity contribution is 9.10. The van der Waals surface area contributed by atoms with E-state index < -0.39 is 10.0 Å². The van der Waals surface area contributed by atoms with E-state index in [0.717, 1.165) is 16.5 Å². The van der Waals surface area contributed by atoms with E-state index in [1.807, 2.05) is 13.0 Å². The van der Waals surface area contributed by atoms with Crippen LogP contribution in [-0.2, 0) is 20.6 Å². The quantitative estimate of drug-likeness (QED) is 0.734. The molecule has 0 aliphatic carbocycles. The zero-order chi connectivity index (χ0) is 15.6. The Balaban J connectivity index is 2.50. The SMILES string of the molecule is CCC1COCCN1S(=O)(=O)c1cc(CCl)cc(Br)c1C. The van der Waals surface area contributed by atoms with Gasteiger partial charge in [0, 0.05) is 22.9 Å². The van der Waals surface area contributed by atoms with Gasteiger partial charge in [0.15, 0.2) is 0 Å². The molecule has 1 aromatic rings. The highest BCUT2D eigenvalue weighted by Crippen LogP contribution is 2.30. The Morgan fingerprint density at radius 3 is 2.81 bits per heavy atom. The molecule has 1 aromatic carbocycles. The Kier molecular flexibility index (Phi) is 5.71. The number of sulfonamides is 1. The van der Waals surface area contributed by atoms with Crippen molar-refractivity contribution >= 4 is 37.6 Å². The molecule has 1 atom stereocenters. The second-order valence-electron chi connectivity index (χ2n) is 5.09. The van der Waals surface area contributed by atoms with Gasteiger partial charge in [-0.2, -0.15) is 4.31 Å². The zero-order valence-electron chi connectivity index (χ0n) is 12.1. The van der Waals surface area contributed by atoms with Crippen LogP contribution in [0.3, 0.4) is 0 Å². The minimum atomic E-state index is -3.54. The van der Waals surface area contributed by atoms with Crippen LogP contribution in [0.25, 0.3) is 0 Å². The van der Waals surface area contributed by atoms with Crippen LogP contribution in [-0.4, -0.2) is 38.5 Å². The maximum atomic E-state index is 13.0. The van der Waals surface area contributed by atoms with Crippen molar-refractivity contribution in [2.24, 2.45) is 0 Å². The second kappa shape index (κ2) is 6.96. The van der Waals surface area contributed by atoms with E-state index in [1.54, 1.807) is 17.3 Å². The number of alkyl halides is 1. The van der Waals surface area contributed by atoms with Crippen molar-refractivity contribution in [1.82, 2.24) is 4.31 Å². The highest BCUT2D eigenvalue weighted by atomic mass is 79.9. The molecule has 21 heavy (non-hydrogen) atoms. The summed E-state index contributed by atoms with van der Waals surface area (Å²) in [5.74, 6) is 0.279. The lowest BCUT2D eigenvalue weighted by molar-refractivity contribution is 0.0314. The predicted octanol–water partition coefficient (Wildman–Crippen LogP) is 3.30. The summed E-state index contributed by atoms with van der Waals surface area (Å²) in [4.78, 5) is 0.327. The number of ether oxygens (including phenoxy) is 1. The van der Waals surface area contributed by atoms with Gasteiger partial charge in [-0.25, -0.2) is 8.42 Å². The van der Waals surface area contributed by atoms with Crippen LogP contribution < -0.4 is 0 Å². The molecule has 0 bridgehead atoms. The molecule has 0 radical (unpaired) electrons. The third kappa shape index (κ3) is 3.45. The van der Waals surface area contributed by atoms with Crippen molar-refractivity contribution in [2.75, 3.05) is 19.8 Å². The molecule has 1 unspecified atom stereocenters. The van der Waals surface area contributed by atoms with Crippen LogP contribution in [0.1, 0.15) is 24.5 Å². The molecule has 0 saturated carbocycles. The van der Waals surface area contributed by atoms with Gasteiger partial charge >= 0.3 is 0 Å². The number of halogens is 2. The van der Waals surface area contributed by atoms with Gasteiger partial charge in [-0.15, -0.1) is 11.6 Å². The van der Waals surface area contributed by atoms with Crippen LogP contribution in [0.15, 0.2) is 21.5 Å². The number of morpholine rings is 1. The van der Waals surface area contributed by atoms with Gasteiger partial charge < -0.3 is 4.74 Å². The summed E-state index contributed by atoms with van der Waals surface area (Å²) >= 11 is 9.29. The van der Waals surface area contributed by atoms with Crippen LogP contribution in [0.2, 0.25) is 0 Å². The molecule has 0 N–H and O–H groups in total. The summed E-state index contributed by atoms with van der Waals surface area (Å²) in [6, 6.07) is 3.42. The molecule has 1 heterocycles. The molecule has 0 aromatic heterocycles. The van der Waals surface area contributed by atoms with Gasteiger partial charge in [0.1, 0.15) is 0 Å². The first-order valence-corrected chi connectivity index (χ1v) is 9.63. The van der Waals surface area contributed by atoms with Crippen molar-refractivity contribution in [3.05, 3.63) is 27.7 Å². The lowest BCUT2D eigenvalue weighted by Crippen LogP contribution is -2.48. The molecule has 118 valence electrons. The molecule has 0 spiro atoms. The molecular formula is C14H19BrClNO3S. The van der Waals surface area contributed by atoms with Gasteiger partial charge in [-0.3, -0.25) is 0 Å². The molecular weight excluding hydrogens is 378 g/mol. The molecule has 1 aliphatic rings. The maximum absolute atomic E-state index is 13.0. The standard InChI is InChI=1S/C14H19BrClNO3S/c1-3-12-9-20-5-4-17(12)21(18,19)14-7-11(8-16)6-13(15)10(14)2/h6-7,12H,3-5,8-9H2,1-2H3. The molecule has 7 heteroatoms. The Hall–Kier alpha value is -0.140. The van der Waals surface area contributed by atoms with Gasteiger partial charge in [-0.1, -0.05) is 22.9 Å². The zero-order valence-corrected chi connectivity index (χ0v) is 15.3. The van der Waals surface area contributed by atoms with E-state index in [1.165, 1.54) is 0 Å². The second-order valence-corrected chi connectivity index (χ2v) is 8.07. The van der Waals surface area contributed by atoms with Gasteiger partial charge in [-0.05, 0) is 36.6 Å². The fraction of sp³-hybridized carbons (Fsp3) is 0.571. The number of hydrogen-bond donors (Lipinski definition) is 0.